The van der Waals surface area contributed by atoms with Gasteiger partial charge in [-0.2, -0.15) is 0 Å². The Morgan fingerprint density at radius 1 is 0.862 bits per heavy atom. The van der Waals surface area contributed by atoms with Crippen molar-refractivity contribution in [2.45, 2.75) is 6.42 Å². The second kappa shape index (κ2) is 8.64. The molecular formula is C21H22N2O6. The molecule has 0 radical (unpaired) electrons. The fraction of sp³-hybridized carbons (Fsp3) is 0.286. The molecule has 152 valence electrons. The zero-order chi connectivity index (χ0) is 21.0. The molecule has 29 heavy (non-hydrogen) atoms. The van der Waals surface area contributed by atoms with E-state index in [0.29, 0.717) is 29.3 Å². The molecule has 2 atom stereocenters. The molecule has 1 fully saturated rings. The molecule has 8 heteroatoms. The van der Waals surface area contributed by atoms with E-state index in [1.54, 1.807) is 42.5 Å². The van der Waals surface area contributed by atoms with Crippen molar-refractivity contribution in [1.29, 1.82) is 0 Å². The lowest BCUT2D eigenvalue weighted by atomic mass is 10.1. The molecule has 2 N–H and O–H groups in total. The van der Waals surface area contributed by atoms with E-state index in [4.69, 9.17) is 14.2 Å². The van der Waals surface area contributed by atoms with Gasteiger partial charge in [-0.1, -0.05) is 12.1 Å². The molecule has 0 heterocycles. The predicted molar refractivity (Wildman–Crippen MR) is 106 cm³/mol. The molecule has 1 aliphatic rings. The van der Waals surface area contributed by atoms with Crippen LogP contribution >= 0.6 is 0 Å². The van der Waals surface area contributed by atoms with E-state index in [9.17, 15) is 14.4 Å². The van der Waals surface area contributed by atoms with Gasteiger partial charge in [0.05, 0.1) is 50.1 Å². The lowest BCUT2D eigenvalue weighted by Gasteiger charge is -2.12. The molecule has 0 saturated heterocycles. The minimum atomic E-state index is -0.545. The van der Waals surface area contributed by atoms with Crippen molar-refractivity contribution in [3.8, 4) is 11.5 Å². The monoisotopic (exact) mass is 398 g/mol. The van der Waals surface area contributed by atoms with Crippen molar-refractivity contribution in [3.63, 3.8) is 0 Å². The Hall–Kier alpha value is -3.55. The van der Waals surface area contributed by atoms with Crippen LogP contribution < -0.4 is 20.1 Å². The summed E-state index contributed by atoms with van der Waals surface area (Å²) in [6.45, 7) is 0. The van der Waals surface area contributed by atoms with Crippen molar-refractivity contribution >= 4 is 29.2 Å². The van der Waals surface area contributed by atoms with Crippen LogP contribution in [0.4, 0.5) is 11.4 Å². The molecule has 2 aromatic carbocycles. The third-order valence-corrected chi connectivity index (χ3v) is 4.72. The van der Waals surface area contributed by atoms with E-state index in [2.05, 4.69) is 10.6 Å². The number of methoxy groups -OCH3 is 3. The number of esters is 1. The highest BCUT2D eigenvalue weighted by atomic mass is 16.5. The van der Waals surface area contributed by atoms with Crippen molar-refractivity contribution in [2.24, 2.45) is 11.8 Å². The maximum absolute atomic E-state index is 12.6. The minimum absolute atomic E-state index is 0.256. The molecule has 2 amide bonds. The van der Waals surface area contributed by atoms with Crippen molar-refractivity contribution in [3.05, 3.63) is 48.0 Å². The third-order valence-electron chi connectivity index (χ3n) is 4.72. The molecule has 2 unspecified atom stereocenters. The molecule has 0 spiro atoms. The first-order valence-corrected chi connectivity index (χ1v) is 8.99. The molecule has 0 aliphatic heterocycles. The summed E-state index contributed by atoms with van der Waals surface area (Å²) in [5.41, 5.74) is 1.08. The molecule has 0 aromatic heterocycles. The maximum Gasteiger partial charge on any atom is 0.339 e. The summed E-state index contributed by atoms with van der Waals surface area (Å²) in [6.07, 6.45) is 0.421. The van der Waals surface area contributed by atoms with Gasteiger partial charge in [0.15, 0.2) is 0 Å². The number of anilines is 2. The van der Waals surface area contributed by atoms with Gasteiger partial charge in [0.1, 0.15) is 11.5 Å². The van der Waals surface area contributed by atoms with E-state index in [0.717, 1.165) is 0 Å². The summed E-state index contributed by atoms with van der Waals surface area (Å²) in [6, 6.07) is 11.6. The number of carbonyl (C=O) groups is 3. The molecule has 1 aliphatic carbocycles. The van der Waals surface area contributed by atoms with E-state index < -0.39 is 17.8 Å². The lowest BCUT2D eigenvalue weighted by molar-refractivity contribution is -0.122. The molecule has 2 aromatic rings. The quantitative estimate of drug-likeness (QED) is 0.695. The average molecular weight is 398 g/mol. The van der Waals surface area contributed by atoms with Gasteiger partial charge < -0.3 is 24.8 Å². The number of amides is 2. The lowest BCUT2D eigenvalue weighted by Crippen LogP contribution is -2.21. The summed E-state index contributed by atoms with van der Waals surface area (Å²) in [5.74, 6) is -1.01. The first-order valence-electron chi connectivity index (χ1n) is 8.99. The first kappa shape index (κ1) is 20.2. The average Bonchev–Trinajstić information content (AvgIpc) is 3.54. The van der Waals surface area contributed by atoms with Crippen LogP contribution in [0.15, 0.2) is 42.5 Å². The number of ether oxygens (including phenoxy) is 3. The highest BCUT2D eigenvalue weighted by molar-refractivity contribution is 6.06. The molecule has 1 saturated carbocycles. The zero-order valence-electron chi connectivity index (χ0n) is 16.4. The summed E-state index contributed by atoms with van der Waals surface area (Å²) >= 11 is 0. The molecule has 8 nitrogen and oxygen atoms in total. The van der Waals surface area contributed by atoms with Crippen LogP contribution in [-0.2, 0) is 14.3 Å². The Labute approximate surface area is 168 Å². The SMILES string of the molecule is COC(=O)c1ccccc1NC(=O)C1CC1C(=O)Nc1cc(OC)ccc1OC. The summed E-state index contributed by atoms with van der Waals surface area (Å²) < 4.78 is 15.1. The van der Waals surface area contributed by atoms with E-state index in [1.165, 1.54) is 21.3 Å². The van der Waals surface area contributed by atoms with Crippen LogP contribution in [-0.4, -0.2) is 39.1 Å². The van der Waals surface area contributed by atoms with Crippen molar-refractivity contribution < 1.29 is 28.6 Å². The van der Waals surface area contributed by atoms with Crippen LogP contribution in [0.3, 0.4) is 0 Å². The first-order chi connectivity index (χ1) is 14.0. The normalized spacial score (nSPS) is 17.1. The third kappa shape index (κ3) is 4.48. The Morgan fingerprint density at radius 3 is 2.14 bits per heavy atom. The fourth-order valence-corrected chi connectivity index (χ4v) is 3.02. The smallest absolute Gasteiger partial charge is 0.339 e. The summed E-state index contributed by atoms with van der Waals surface area (Å²) in [5, 5.41) is 5.50. The topological polar surface area (TPSA) is 103 Å². The van der Waals surface area contributed by atoms with Crippen LogP contribution in [0.2, 0.25) is 0 Å². The number of carbonyl (C=O) groups excluding carboxylic acids is 3. The minimum Gasteiger partial charge on any atom is -0.497 e. The van der Waals surface area contributed by atoms with Crippen LogP contribution in [0.5, 0.6) is 11.5 Å². The van der Waals surface area contributed by atoms with E-state index in [-0.39, 0.29) is 17.4 Å². The van der Waals surface area contributed by atoms with Gasteiger partial charge in [-0.25, -0.2) is 4.79 Å². The number of benzene rings is 2. The maximum atomic E-state index is 12.6. The highest BCUT2D eigenvalue weighted by Gasteiger charge is 2.48. The number of hydrogen-bond donors (Lipinski definition) is 2. The zero-order valence-corrected chi connectivity index (χ0v) is 16.4. The van der Waals surface area contributed by atoms with Crippen LogP contribution in [0.25, 0.3) is 0 Å². The molecular weight excluding hydrogens is 376 g/mol. The number of hydrogen-bond acceptors (Lipinski definition) is 6. The number of para-hydroxylation sites is 1. The standard InChI is InChI=1S/C21H22N2O6/c1-27-12-8-9-18(28-2)17(10-12)23-20(25)15-11-14(15)19(24)22-16-7-5-4-6-13(16)21(26)29-3/h4-10,14-15H,11H2,1-3H3,(H,22,24)(H,23,25). The van der Waals surface area contributed by atoms with Gasteiger partial charge in [-0.05, 0) is 30.7 Å². The van der Waals surface area contributed by atoms with Crippen molar-refractivity contribution in [2.75, 3.05) is 32.0 Å². The number of nitrogens with one attached hydrogen (secondary N) is 2. The summed E-state index contributed by atoms with van der Waals surface area (Å²) in [7, 11) is 4.31. The Bertz CT molecular complexity index is 943. The highest BCUT2D eigenvalue weighted by Crippen LogP contribution is 2.41. The molecule has 0 bridgehead atoms. The second-order valence-electron chi connectivity index (χ2n) is 6.53. The largest absolute Gasteiger partial charge is 0.497 e. The predicted octanol–water partition coefficient (Wildman–Crippen LogP) is 2.70. The van der Waals surface area contributed by atoms with Gasteiger partial charge in [-0.15, -0.1) is 0 Å². The van der Waals surface area contributed by atoms with E-state index in [1.807, 2.05) is 0 Å². The fourth-order valence-electron chi connectivity index (χ4n) is 3.02. The van der Waals surface area contributed by atoms with Gasteiger partial charge in [0.25, 0.3) is 0 Å². The number of rotatable bonds is 7. The summed E-state index contributed by atoms with van der Waals surface area (Å²) in [4.78, 5) is 36.9. The van der Waals surface area contributed by atoms with Gasteiger partial charge in [0, 0.05) is 6.07 Å². The van der Waals surface area contributed by atoms with Crippen molar-refractivity contribution in [1.82, 2.24) is 0 Å². The Morgan fingerprint density at radius 2 is 1.52 bits per heavy atom. The van der Waals surface area contributed by atoms with Gasteiger partial charge in [-0.3, -0.25) is 9.59 Å². The second-order valence-corrected chi connectivity index (χ2v) is 6.53. The van der Waals surface area contributed by atoms with Crippen LogP contribution in [0, 0.1) is 11.8 Å². The Balaban J connectivity index is 1.65. The van der Waals surface area contributed by atoms with Gasteiger partial charge >= 0.3 is 5.97 Å². The van der Waals surface area contributed by atoms with E-state index >= 15 is 0 Å². The van der Waals surface area contributed by atoms with Gasteiger partial charge in [0.2, 0.25) is 11.8 Å². The van der Waals surface area contributed by atoms with Crippen LogP contribution in [0.1, 0.15) is 16.8 Å². The Kier molecular flexibility index (Phi) is 6.01. The molecule has 3 rings (SSSR count).